The molecule has 2 amide bonds. The second-order valence-electron chi connectivity index (χ2n) is 5.09. The molecular weight excluding hydrogens is 322 g/mol. The number of nitrogens with one attached hydrogen (secondary N) is 2. The van der Waals surface area contributed by atoms with Crippen molar-refractivity contribution in [2.24, 2.45) is 5.73 Å². The van der Waals surface area contributed by atoms with Crippen LogP contribution in [0.2, 0.25) is 0 Å². The van der Waals surface area contributed by atoms with Crippen LogP contribution in [-0.2, 0) is 11.2 Å². The van der Waals surface area contributed by atoms with Gasteiger partial charge in [0.25, 0.3) is 0 Å². The molecule has 1 atom stereocenters. The lowest BCUT2D eigenvalue weighted by Crippen LogP contribution is -2.41. The summed E-state index contributed by atoms with van der Waals surface area (Å²) in [7, 11) is 0. The molecule has 1 aromatic rings. The summed E-state index contributed by atoms with van der Waals surface area (Å²) in [5.41, 5.74) is 6.75. The highest BCUT2D eigenvalue weighted by Crippen LogP contribution is 2.10. The Morgan fingerprint density at radius 2 is 2.23 bits per heavy atom. The average molecular weight is 344 g/mol. The molecule has 1 aliphatic heterocycles. The summed E-state index contributed by atoms with van der Waals surface area (Å²) >= 11 is 1.88. The van der Waals surface area contributed by atoms with E-state index in [1.54, 1.807) is 18.2 Å². The molecule has 5 nitrogen and oxygen atoms in total. The van der Waals surface area contributed by atoms with Crippen LogP contribution in [0.25, 0.3) is 0 Å². The van der Waals surface area contributed by atoms with Crippen LogP contribution in [0.5, 0.6) is 0 Å². The molecule has 7 heteroatoms. The summed E-state index contributed by atoms with van der Waals surface area (Å²) in [6.45, 7) is 1.55. The lowest BCUT2D eigenvalue weighted by atomic mass is 10.1. The number of hydrogen-bond donors (Lipinski definition) is 3. The highest BCUT2D eigenvalue weighted by Gasteiger charge is 2.16. The number of thioether (sulfide) groups is 1. The van der Waals surface area contributed by atoms with Crippen molar-refractivity contribution < 1.29 is 9.59 Å². The third kappa shape index (κ3) is 6.25. The van der Waals surface area contributed by atoms with E-state index >= 15 is 0 Å². The van der Waals surface area contributed by atoms with Gasteiger partial charge in [0.1, 0.15) is 0 Å². The second kappa shape index (κ2) is 9.71. The Morgan fingerprint density at radius 3 is 2.91 bits per heavy atom. The van der Waals surface area contributed by atoms with E-state index < -0.39 is 5.91 Å². The molecule has 0 spiro atoms. The zero-order valence-corrected chi connectivity index (χ0v) is 14.0. The van der Waals surface area contributed by atoms with Gasteiger partial charge in [-0.05, 0) is 24.1 Å². The van der Waals surface area contributed by atoms with Crippen molar-refractivity contribution in [2.45, 2.75) is 18.9 Å². The third-order valence-corrected chi connectivity index (χ3v) is 4.51. The molecule has 0 bridgehead atoms. The summed E-state index contributed by atoms with van der Waals surface area (Å²) < 4.78 is 0. The number of nitrogens with two attached hydrogens (primary N) is 1. The first-order chi connectivity index (χ1) is 10.1. The maximum atomic E-state index is 11.8. The fourth-order valence-corrected chi connectivity index (χ4v) is 3.22. The minimum atomic E-state index is -0.429. The molecule has 0 radical (unpaired) electrons. The number of hydrogen-bond acceptors (Lipinski definition) is 4. The molecular formula is C15H22ClN3O2S. The maximum absolute atomic E-state index is 11.8. The van der Waals surface area contributed by atoms with E-state index in [-0.39, 0.29) is 24.4 Å². The van der Waals surface area contributed by atoms with Crippen LogP contribution in [0.3, 0.4) is 0 Å². The van der Waals surface area contributed by atoms with Crippen LogP contribution in [0.4, 0.5) is 0 Å². The molecule has 122 valence electrons. The van der Waals surface area contributed by atoms with Crippen molar-refractivity contribution in [3.05, 3.63) is 35.4 Å². The Labute approximate surface area is 141 Å². The summed E-state index contributed by atoms with van der Waals surface area (Å²) in [4.78, 5) is 22.9. The first-order valence-corrected chi connectivity index (χ1v) is 8.27. The topological polar surface area (TPSA) is 84.2 Å². The third-order valence-electron chi connectivity index (χ3n) is 3.38. The number of rotatable bonds is 6. The molecule has 1 aliphatic rings. The van der Waals surface area contributed by atoms with E-state index in [1.165, 1.54) is 0 Å². The maximum Gasteiger partial charge on any atom is 0.248 e. The Morgan fingerprint density at radius 1 is 1.41 bits per heavy atom. The summed E-state index contributed by atoms with van der Waals surface area (Å²) in [6.07, 6.45) is 1.22. The van der Waals surface area contributed by atoms with E-state index in [4.69, 9.17) is 5.73 Å². The van der Waals surface area contributed by atoms with Crippen molar-refractivity contribution in [1.29, 1.82) is 0 Å². The van der Waals surface area contributed by atoms with Crippen molar-refractivity contribution in [3.8, 4) is 0 Å². The number of halogens is 1. The first-order valence-electron chi connectivity index (χ1n) is 7.12. The van der Waals surface area contributed by atoms with Crippen LogP contribution in [0, 0.1) is 0 Å². The Kier molecular flexibility index (Phi) is 8.30. The lowest BCUT2D eigenvalue weighted by molar-refractivity contribution is -0.121. The number of amides is 2. The molecule has 0 aromatic heterocycles. The predicted octanol–water partition coefficient (Wildman–Crippen LogP) is 0.961. The SMILES string of the molecule is Cl.NC(=O)c1cccc(CCNC(=O)CC2CSCCN2)c1. The molecule has 0 aliphatic carbocycles. The van der Waals surface area contributed by atoms with E-state index in [0.29, 0.717) is 24.9 Å². The smallest absolute Gasteiger partial charge is 0.248 e. The van der Waals surface area contributed by atoms with Gasteiger partial charge in [-0.25, -0.2) is 0 Å². The van der Waals surface area contributed by atoms with Crippen LogP contribution < -0.4 is 16.4 Å². The van der Waals surface area contributed by atoms with E-state index in [1.807, 2.05) is 17.8 Å². The van der Waals surface area contributed by atoms with Crippen molar-refractivity contribution >= 4 is 36.0 Å². The highest BCUT2D eigenvalue weighted by molar-refractivity contribution is 7.99. The predicted molar refractivity (Wildman–Crippen MR) is 92.7 cm³/mol. The number of primary amides is 1. The molecule has 1 heterocycles. The minimum Gasteiger partial charge on any atom is -0.366 e. The fraction of sp³-hybridized carbons (Fsp3) is 0.467. The highest BCUT2D eigenvalue weighted by atomic mass is 35.5. The van der Waals surface area contributed by atoms with Gasteiger partial charge in [-0.2, -0.15) is 11.8 Å². The van der Waals surface area contributed by atoms with Gasteiger partial charge in [-0.3, -0.25) is 9.59 Å². The average Bonchev–Trinajstić information content (AvgIpc) is 2.48. The van der Waals surface area contributed by atoms with E-state index in [2.05, 4.69) is 10.6 Å². The van der Waals surface area contributed by atoms with Gasteiger partial charge in [0.2, 0.25) is 11.8 Å². The van der Waals surface area contributed by atoms with Crippen molar-refractivity contribution in [3.63, 3.8) is 0 Å². The normalized spacial score (nSPS) is 17.4. The van der Waals surface area contributed by atoms with Crippen LogP contribution in [-0.4, -0.2) is 42.5 Å². The number of carbonyl (C=O) groups excluding carboxylic acids is 2. The van der Waals surface area contributed by atoms with Crippen LogP contribution >= 0.6 is 24.2 Å². The van der Waals surface area contributed by atoms with Crippen molar-refractivity contribution in [1.82, 2.24) is 10.6 Å². The standard InChI is InChI=1S/C15H21N3O2S.ClH/c16-15(20)12-3-1-2-11(8-12)4-5-18-14(19)9-13-10-21-7-6-17-13;/h1-3,8,13,17H,4-7,9-10H2,(H2,16,20)(H,18,19);1H. The first kappa shape index (κ1) is 18.8. The molecule has 0 saturated carbocycles. The molecule has 1 aromatic carbocycles. The minimum absolute atomic E-state index is 0. The van der Waals surface area contributed by atoms with Gasteiger partial charge in [0.05, 0.1) is 0 Å². The quantitative estimate of drug-likeness (QED) is 0.718. The molecule has 2 rings (SSSR count). The Balaban J connectivity index is 0.00000242. The lowest BCUT2D eigenvalue weighted by Gasteiger charge is -2.22. The molecule has 22 heavy (non-hydrogen) atoms. The Bertz CT molecular complexity index is 507. The van der Waals surface area contributed by atoms with Gasteiger partial charge in [-0.1, -0.05) is 12.1 Å². The van der Waals surface area contributed by atoms with Crippen molar-refractivity contribution in [2.75, 3.05) is 24.6 Å². The molecule has 4 N–H and O–H groups in total. The molecule has 1 unspecified atom stereocenters. The molecule has 1 saturated heterocycles. The van der Waals surface area contributed by atoms with Gasteiger partial charge in [0, 0.05) is 42.6 Å². The number of benzene rings is 1. The fourth-order valence-electron chi connectivity index (χ4n) is 2.27. The monoisotopic (exact) mass is 343 g/mol. The summed E-state index contributed by atoms with van der Waals surface area (Å²) in [6, 6.07) is 7.48. The molecule has 1 fully saturated rings. The summed E-state index contributed by atoms with van der Waals surface area (Å²) in [5.74, 6) is 1.75. The largest absolute Gasteiger partial charge is 0.366 e. The summed E-state index contributed by atoms with van der Waals surface area (Å²) in [5, 5.41) is 6.27. The Hall–Kier alpha value is -1.24. The van der Waals surface area contributed by atoms with Gasteiger partial charge < -0.3 is 16.4 Å². The van der Waals surface area contributed by atoms with Gasteiger partial charge in [-0.15, -0.1) is 12.4 Å². The van der Waals surface area contributed by atoms with Crippen LogP contribution in [0.1, 0.15) is 22.3 Å². The zero-order chi connectivity index (χ0) is 15.1. The second-order valence-corrected chi connectivity index (χ2v) is 6.24. The van der Waals surface area contributed by atoms with E-state index in [9.17, 15) is 9.59 Å². The van der Waals surface area contributed by atoms with E-state index in [0.717, 1.165) is 23.6 Å². The van der Waals surface area contributed by atoms with Gasteiger partial charge in [0.15, 0.2) is 0 Å². The van der Waals surface area contributed by atoms with Gasteiger partial charge >= 0.3 is 0 Å². The number of carbonyl (C=O) groups is 2. The van der Waals surface area contributed by atoms with Crippen LogP contribution in [0.15, 0.2) is 24.3 Å². The zero-order valence-electron chi connectivity index (χ0n) is 12.3.